The van der Waals surface area contributed by atoms with Crippen LogP contribution in [0.3, 0.4) is 0 Å². The topological polar surface area (TPSA) is 60.4 Å². The number of halogens is 3. The van der Waals surface area contributed by atoms with E-state index >= 15 is 0 Å². The molecule has 0 aromatic heterocycles. The quantitative estimate of drug-likeness (QED) is 0.163. The van der Waals surface area contributed by atoms with Crippen molar-refractivity contribution in [1.29, 1.82) is 0 Å². The lowest BCUT2D eigenvalue weighted by atomic mass is 9.47. The minimum Gasteiger partial charge on any atom is -0.380 e. The number of carbonyl (C=O) groups excluding carboxylic acids is 1. The molecule has 0 heterocycles. The van der Waals surface area contributed by atoms with E-state index in [0.717, 1.165) is 49.9 Å². The fourth-order valence-corrected chi connectivity index (χ4v) is 13.9. The first-order valence-corrected chi connectivity index (χ1v) is 20.9. The van der Waals surface area contributed by atoms with Gasteiger partial charge < -0.3 is 4.18 Å². The molecule has 49 heavy (non-hydrogen) atoms. The van der Waals surface area contributed by atoms with Crippen LogP contribution < -0.4 is 0 Å². The summed E-state index contributed by atoms with van der Waals surface area (Å²) in [7, 11) is -5.62. The number of allylic oxidation sites excluding steroid dienone is 6. The molecule has 8 aliphatic rings. The zero-order valence-electron chi connectivity index (χ0n) is 30.6. The van der Waals surface area contributed by atoms with Crippen LogP contribution in [0.2, 0.25) is 0 Å². The third-order valence-electron chi connectivity index (χ3n) is 16.4. The highest BCUT2D eigenvalue weighted by atomic mass is 32.2. The summed E-state index contributed by atoms with van der Waals surface area (Å²) in [4.78, 5) is 12.4. The highest BCUT2D eigenvalue weighted by molar-refractivity contribution is 7.87. The first kappa shape index (κ1) is 35.8. The molecule has 8 rings (SSSR count). The molecule has 5 fully saturated rings. The molecule has 5 saturated carbocycles. The zero-order valence-corrected chi connectivity index (χ0v) is 31.4. The Morgan fingerprint density at radius 1 is 0.653 bits per heavy atom. The van der Waals surface area contributed by atoms with Crippen molar-refractivity contribution in [2.24, 2.45) is 69.0 Å². The van der Waals surface area contributed by atoms with Crippen molar-refractivity contribution in [3.63, 3.8) is 0 Å². The monoisotopic (exact) mass is 704 g/mol. The van der Waals surface area contributed by atoms with Crippen LogP contribution in [0.25, 0.3) is 0 Å². The summed E-state index contributed by atoms with van der Waals surface area (Å²) >= 11 is 0. The maximum absolute atomic E-state index is 12.8. The van der Waals surface area contributed by atoms with E-state index in [1.54, 1.807) is 17.2 Å². The maximum Gasteiger partial charge on any atom is 0.534 e. The van der Waals surface area contributed by atoms with Crippen LogP contribution in [0.15, 0.2) is 35.1 Å². The van der Waals surface area contributed by atoms with E-state index in [4.69, 9.17) is 0 Å². The number of hydrogen-bond donors (Lipinski definition) is 0. The highest BCUT2D eigenvalue weighted by Crippen LogP contribution is 2.66. The molecule has 0 bridgehead atoms. The van der Waals surface area contributed by atoms with Crippen molar-refractivity contribution in [2.45, 2.75) is 143 Å². The number of fused-ring (bicyclic) bond motifs is 10. The van der Waals surface area contributed by atoms with Crippen molar-refractivity contribution in [3.8, 4) is 0 Å². The van der Waals surface area contributed by atoms with Crippen LogP contribution in [0.5, 0.6) is 0 Å². The van der Waals surface area contributed by atoms with Crippen molar-refractivity contribution in [3.05, 3.63) is 35.1 Å². The van der Waals surface area contributed by atoms with E-state index in [1.165, 1.54) is 51.4 Å². The summed E-state index contributed by atoms with van der Waals surface area (Å²) in [5.74, 6) is 5.52. The molecular formula is C41H59F3O4S. The van der Waals surface area contributed by atoms with Crippen LogP contribution in [0, 0.1) is 69.0 Å². The highest BCUT2D eigenvalue weighted by Gasteiger charge is 2.60. The largest absolute Gasteiger partial charge is 0.534 e. The fraction of sp³-hybridized carbons (Fsp3) is 0.829. The second-order valence-electron chi connectivity index (χ2n) is 18.9. The molecular weight excluding hydrogens is 646 g/mol. The number of ketones is 1. The van der Waals surface area contributed by atoms with E-state index in [9.17, 15) is 26.4 Å². The molecule has 0 radical (unpaired) electrons. The van der Waals surface area contributed by atoms with Crippen LogP contribution in [0.1, 0.15) is 138 Å². The molecule has 0 aromatic carbocycles. The Kier molecular flexibility index (Phi) is 8.76. The van der Waals surface area contributed by atoms with Gasteiger partial charge in [-0.15, -0.1) is 0 Å². The van der Waals surface area contributed by atoms with Crippen molar-refractivity contribution in [2.75, 3.05) is 0 Å². The van der Waals surface area contributed by atoms with Gasteiger partial charge in [0.1, 0.15) is 11.5 Å². The maximum atomic E-state index is 12.8. The lowest BCUT2D eigenvalue weighted by Crippen LogP contribution is -2.50. The van der Waals surface area contributed by atoms with Gasteiger partial charge in [0.15, 0.2) is 0 Å². The molecule has 0 aliphatic heterocycles. The van der Waals surface area contributed by atoms with Gasteiger partial charge in [-0.2, -0.15) is 21.6 Å². The molecule has 0 spiro atoms. The van der Waals surface area contributed by atoms with Gasteiger partial charge in [0, 0.05) is 17.3 Å². The van der Waals surface area contributed by atoms with Gasteiger partial charge in [0.2, 0.25) is 0 Å². The second-order valence-corrected chi connectivity index (χ2v) is 20.4. The molecule has 0 amide bonds. The lowest BCUT2D eigenvalue weighted by Gasteiger charge is -2.57. The van der Waals surface area contributed by atoms with Crippen LogP contribution >= 0.6 is 0 Å². The van der Waals surface area contributed by atoms with Crippen molar-refractivity contribution < 1.29 is 30.6 Å². The number of hydrogen-bond acceptors (Lipinski definition) is 4. The van der Waals surface area contributed by atoms with Crippen molar-refractivity contribution >= 4 is 15.9 Å². The summed E-state index contributed by atoms with van der Waals surface area (Å²) in [5, 5.41) is 0. The molecule has 0 N–H and O–H groups in total. The molecule has 8 heteroatoms. The van der Waals surface area contributed by atoms with Crippen LogP contribution in [-0.2, 0) is 19.1 Å². The van der Waals surface area contributed by atoms with Gasteiger partial charge in [-0.1, -0.05) is 64.8 Å². The van der Waals surface area contributed by atoms with Gasteiger partial charge in [-0.05, 0) is 154 Å². The first-order chi connectivity index (χ1) is 22.8. The number of alkyl halides is 3. The average Bonchev–Trinajstić information content (AvgIpc) is 3.52. The summed E-state index contributed by atoms with van der Waals surface area (Å²) in [6.45, 7) is 13.8. The summed E-state index contributed by atoms with van der Waals surface area (Å²) < 4.78 is 66.3. The van der Waals surface area contributed by atoms with Gasteiger partial charge in [0.05, 0.1) is 0 Å². The minimum atomic E-state index is -5.62. The standard InChI is InChI=1S/C21H29F3O3S.C20H30O/c1-13-8-10-19(2)14(12-13)4-5-15-16-6-7-18(20(16,3)11-9-17(15)19)27-28(25,26)21(22,23)24;1-13-8-10-19(2)14(12-13)4-5-15-16-6-7-18(21)20(16,3)11-9-17(15)19/h4,7,13,15-17H,5-6,8-12H2,1-3H3;4,13,15-17H,5-12H2,1-3H3/t2*13?,15?,16?,17?,19-,20-/m00/s1. The average molecular weight is 705 g/mol. The fourth-order valence-electron chi connectivity index (χ4n) is 13.3. The molecule has 4 nitrogen and oxygen atoms in total. The van der Waals surface area contributed by atoms with E-state index in [0.29, 0.717) is 47.7 Å². The van der Waals surface area contributed by atoms with E-state index < -0.39 is 21.0 Å². The Bertz CT molecular complexity index is 1560. The Morgan fingerprint density at radius 2 is 1.12 bits per heavy atom. The summed E-state index contributed by atoms with van der Waals surface area (Å²) in [6.07, 6.45) is 23.1. The van der Waals surface area contributed by atoms with Gasteiger partial charge in [0.25, 0.3) is 0 Å². The normalized spacial score (nSPS) is 47.4. The smallest absolute Gasteiger partial charge is 0.380 e. The molecule has 0 saturated heterocycles. The van der Waals surface area contributed by atoms with Gasteiger partial charge in [-0.3, -0.25) is 4.79 Å². The molecule has 274 valence electrons. The summed E-state index contributed by atoms with van der Waals surface area (Å²) in [6, 6.07) is 0. The van der Waals surface area contributed by atoms with Crippen LogP contribution in [0.4, 0.5) is 13.2 Å². The van der Waals surface area contributed by atoms with E-state index in [1.807, 2.05) is 6.92 Å². The Hall–Kier alpha value is -1.57. The molecule has 12 atom stereocenters. The number of Topliss-reactive ketones (excluding diaryl/α,β-unsaturated/α-hetero) is 1. The lowest BCUT2D eigenvalue weighted by molar-refractivity contribution is -0.131. The van der Waals surface area contributed by atoms with Gasteiger partial charge in [-0.25, -0.2) is 0 Å². The van der Waals surface area contributed by atoms with Crippen LogP contribution in [-0.4, -0.2) is 19.7 Å². The summed E-state index contributed by atoms with van der Waals surface area (Å²) in [5.41, 5.74) is -2.02. The van der Waals surface area contributed by atoms with E-state index in [-0.39, 0.29) is 22.5 Å². The SMILES string of the molecule is CC1CC[C@@]2(C)C(=CCC3C2CC[C@]2(C)C(=O)CCC32)C1.CC1CC[C@@]2(C)C(=CCC3C2CC[C@]2(C)C(OS(=O)(=O)C(F)(F)F)=CCC32)C1. The predicted octanol–water partition coefficient (Wildman–Crippen LogP) is 11.1. The third-order valence-corrected chi connectivity index (χ3v) is 17.4. The van der Waals surface area contributed by atoms with Gasteiger partial charge >= 0.3 is 15.6 Å². The Balaban J connectivity index is 0.000000160. The van der Waals surface area contributed by atoms with E-state index in [2.05, 4.69) is 51.0 Å². The third kappa shape index (κ3) is 5.56. The molecule has 8 unspecified atom stereocenters. The Labute approximate surface area is 293 Å². The van der Waals surface area contributed by atoms with Crippen molar-refractivity contribution in [1.82, 2.24) is 0 Å². The predicted molar refractivity (Wildman–Crippen MR) is 186 cm³/mol. The Morgan fingerprint density at radius 3 is 1.65 bits per heavy atom. The molecule has 8 aliphatic carbocycles. The second kappa shape index (κ2) is 12.0. The molecule has 0 aromatic rings. The first-order valence-electron chi connectivity index (χ1n) is 19.5. The zero-order chi connectivity index (χ0) is 35.4. The number of carbonyl (C=O) groups is 1. The number of rotatable bonds is 2. The minimum absolute atomic E-state index is 0.00507.